The average molecular weight is 295 g/mol. The summed E-state index contributed by atoms with van der Waals surface area (Å²) in [5.41, 5.74) is 3.32. The number of aromatic nitrogens is 2. The van der Waals surface area contributed by atoms with Crippen molar-refractivity contribution in [2.75, 3.05) is 0 Å². The molecule has 3 rings (SSSR count). The Morgan fingerprint density at radius 3 is 2.55 bits per heavy atom. The lowest BCUT2D eigenvalue weighted by Gasteiger charge is -2.10. The number of hydrogen-bond acceptors (Lipinski definition) is 3. The lowest BCUT2D eigenvalue weighted by atomic mass is 10.2. The maximum absolute atomic E-state index is 5.64. The molecule has 0 spiro atoms. The minimum Gasteiger partial charge on any atom is -0.491 e. The van der Waals surface area contributed by atoms with Crippen LogP contribution in [0.4, 0.5) is 0 Å². The molecule has 4 heteroatoms. The van der Waals surface area contributed by atoms with Crippen LogP contribution in [0.5, 0.6) is 5.75 Å². The number of fused-ring (bicyclic) bond motifs is 1. The fourth-order valence-corrected chi connectivity index (χ4v) is 2.37. The van der Waals surface area contributed by atoms with Crippen LogP contribution in [-0.2, 0) is 13.1 Å². The zero-order valence-corrected chi connectivity index (χ0v) is 13.0. The van der Waals surface area contributed by atoms with Crippen LogP contribution in [0, 0.1) is 0 Å². The summed E-state index contributed by atoms with van der Waals surface area (Å²) >= 11 is 0. The molecule has 3 aromatic rings. The second-order valence-corrected chi connectivity index (χ2v) is 5.61. The normalized spacial score (nSPS) is 11.2. The number of nitrogens with zero attached hydrogens (tertiary/aromatic N) is 1. The fraction of sp³-hybridized carbons (Fsp3) is 0.278. The molecule has 0 saturated carbocycles. The van der Waals surface area contributed by atoms with E-state index < -0.39 is 0 Å². The summed E-state index contributed by atoms with van der Waals surface area (Å²) in [6.45, 7) is 5.59. The highest BCUT2D eigenvalue weighted by Crippen LogP contribution is 2.14. The van der Waals surface area contributed by atoms with Gasteiger partial charge >= 0.3 is 0 Å². The van der Waals surface area contributed by atoms with Crippen LogP contribution >= 0.6 is 0 Å². The first-order valence-corrected chi connectivity index (χ1v) is 7.60. The number of benzene rings is 2. The number of hydrogen-bond donors (Lipinski definition) is 2. The first-order chi connectivity index (χ1) is 10.7. The molecule has 0 unspecified atom stereocenters. The number of ether oxygens (including phenoxy) is 1. The van der Waals surface area contributed by atoms with Crippen LogP contribution in [0.1, 0.15) is 25.2 Å². The van der Waals surface area contributed by atoms with Crippen molar-refractivity contribution < 1.29 is 4.74 Å². The third kappa shape index (κ3) is 3.65. The summed E-state index contributed by atoms with van der Waals surface area (Å²) in [5.74, 6) is 1.87. The monoisotopic (exact) mass is 295 g/mol. The Labute approximate surface area is 130 Å². The smallest absolute Gasteiger partial charge is 0.121 e. The second kappa shape index (κ2) is 6.62. The van der Waals surface area contributed by atoms with Gasteiger partial charge in [-0.05, 0) is 43.7 Å². The Kier molecular flexibility index (Phi) is 4.39. The molecule has 0 fully saturated rings. The van der Waals surface area contributed by atoms with Crippen LogP contribution in [0.25, 0.3) is 11.0 Å². The Hall–Kier alpha value is -2.33. The highest BCUT2D eigenvalue weighted by Gasteiger charge is 2.02. The number of rotatable bonds is 6. The molecule has 0 saturated heterocycles. The van der Waals surface area contributed by atoms with Crippen molar-refractivity contribution >= 4 is 11.0 Å². The van der Waals surface area contributed by atoms with Gasteiger partial charge in [-0.25, -0.2) is 4.98 Å². The first-order valence-electron chi connectivity index (χ1n) is 7.60. The highest BCUT2D eigenvalue weighted by atomic mass is 16.5. The number of H-pyrrole nitrogens is 1. The molecule has 22 heavy (non-hydrogen) atoms. The lowest BCUT2D eigenvalue weighted by Crippen LogP contribution is -2.13. The van der Waals surface area contributed by atoms with Crippen molar-refractivity contribution in [1.29, 1.82) is 0 Å². The summed E-state index contributed by atoms with van der Waals surface area (Å²) in [5, 5.41) is 3.40. The van der Waals surface area contributed by atoms with Gasteiger partial charge in [0.2, 0.25) is 0 Å². The Balaban J connectivity index is 1.54. The second-order valence-electron chi connectivity index (χ2n) is 5.61. The van der Waals surface area contributed by atoms with Crippen LogP contribution in [0.3, 0.4) is 0 Å². The summed E-state index contributed by atoms with van der Waals surface area (Å²) in [7, 11) is 0. The molecular formula is C18H21N3O. The van der Waals surface area contributed by atoms with Crippen LogP contribution in [-0.4, -0.2) is 16.1 Å². The molecule has 114 valence electrons. The number of imidazole rings is 1. The van der Waals surface area contributed by atoms with Crippen LogP contribution in [0.15, 0.2) is 48.5 Å². The summed E-state index contributed by atoms with van der Waals surface area (Å²) < 4.78 is 5.64. The van der Waals surface area contributed by atoms with E-state index in [1.54, 1.807) is 0 Å². The molecule has 1 aromatic heterocycles. The van der Waals surface area contributed by atoms with Crippen LogP contribution < -0.4 is 10.1 Å². The Bertz CT molecular complexity index is 698. The van der Waals surface area contributed by atoms with Crippen LogP contribution in [0.2, 0.25) is 0 Å². The molecule has 0 radical (unpaired) electrons. The van der Waals surface area contributed by atoms with E-state index in [0.717, 1.165) is 35.7 Å². The van der Waals surface area contributed by atoms with Gasteiger partial charge in [-0.3, -0.25) is 0 Å². The first kappa shape index (κ1) is 14.6. The van der Waals surface area contributed by atoms with E-state index in [9.17, 15) is 0 Å². The van der Waals surface area contributed by atoms with E-state index in [-0.39, 0.29) is 6.10 Å². The van der Waals surface area contributed by atoms with Crippen molar-refractivity contribution in [2.24, 2.45) is 0 Å². The quantitative estimate of drug-likeness (QED) is 0.730. The molecule has 2 aromatic carbocycles. The SMILES string of the molecule is CC(C)Oc1ccc(CNCc2nc3ccccc3[nH]2)cc1. The molecule has 1 heterocycles. The van der Waals surface area contributed by atoms with Gasteiger partial charge in [0.05, 0.1) is 23.7 Å². The summed E-state index contributed by atoms with van der Waals surface area (Å²) in [4.78, 5) is 7.87. The molecule has 0 aliphatic rings. The molecule has 0 amide bonds. The third-order valence-electron chi connectivity index (χ3n) is 3.36. The Morgan fingerprint density at radius 2 is 1.82 bits per heavy atom. The standard InChI is InChI=1S/C18H21N3O/c1-13(2)22-15-9-7-14(8-10-15)11-19-12-18-20-16-5-3-4-6-17(16)21-18/h3-10,13,19H,11-12H2,1-2H3,(H,20,21). The van der Waals surface area contributed by atoms with Crippen molar-refractivity contribution in [3.63, 3.8) is 0 Å². The van der Waals surface area contributed by atoms with Gasteiger partial charge in [-0.2, -0.15) is 0 Å². The Morgan fingerprint density at radius 1 is 1.05 bits per heavy atom. The maximum Gasteiger partial charge on any atom is 0.121 e. The van der Waals surface area contributed by atoms with Crippen molar-refractivity contribution in [1.82, 2.24) is 15.3 Å². The molecule has 0 bridgehead atoms. The minimum absolute atomic E-state index is 0.206. The van der Waals surface area contributed by atoms with E-state index in [0.29, 0.717) is 0 Å². The largest absolute Gasteiger partial charge is 0.491 e. The molecular weight excluding hydrogens is 274 g/mol. The molecule has 0 atom stereocenters. The zero-order chi connectivity index (χ0) is 15.4. The van der Waals surface area contributed by atoms with Gasteiger partial charge in [0.1, 0.15) is 11.6 Å². The lowest BCUT2D eigenvalue weighted by molar-refractivity contribution is 0.242. The molecule has 2 N–H and O–H groups in total. The zero-order valence-electron chi connectivity index (χ0n) is 13.0. The van der Waals surface area contributed by atoms with E-state index in [1.807, 2.05) is 50.2 Å². The van der Waals surface area contributed by atoms with E-state index in [2.05, 4.69) is 27.4 Å². The van der Waals surface area contributed by atoms with Crippen molar-refractivity contribution in [3.8, 4) is 5.75 Å². The molecule has 0 aliphatic heterocycles. The van der Waals surface area contributed by atoms with Gasteiger partial charge in [-0.1, -0.05) is 24.3 Å². The van der Waals surface area contributed by atoms with Gasteiger partial charge in [0.25, 0.3) is 0 Å². The number of nitrogens with one attached hydrogen (secondary N) is 2. The average Bonchev–Trinajstić information content (AvgIpc) is 2.91. The fourth-order valence-electron chi connectivity index (χ4n) is 2.37. The van der Waals surface area contributed by atoms with Gasteiger partial charge in [-0.15, -0.1) is 0 Å². The van der Waals surface area contributed by atoms with Gasteiger partial charge < -0.3 is 15.0 Å². The third-order valence-corrected chi connectivity index (χ3v) is 3.36. The number of para-hydroxylation sites is 2. The maximum atomic E-state index is 5.64. The van der Waals surface area contributed by atoms with E-state index in [4.69, 9.17) is 4.74 Å². The minimum atomic E-state index is 0.206. The summed E-state index contributed by atoms with van der Waals surface area (Å²) in [6.07, 6.45) is 0.206. The topological polar surface area (TPSA) is 49.9 Å². The van der Waals surface area contributed by atoms with Gasteiger partial charge in [0.15, 0.2) is 0 Å². The van der Waals surface area contributed by atoms with E-state index in [1.165, 1.54) is 5.56 Å². The highest BCUT2D eigenvalue weighted by molar-refractivity contribution is 5.74. The molecule has 4 nitrogen and oxygen atoms in total. The van der Waals surface area contributed by atoms with Gasteiger partial charge in [0, 0.05) is 6.54 Å². The predicted molar refractivity (Wildman–Crippen MR) is 88.8 cm³/mol. The predicted octanol–water partition coefficient (Wildman–Crippen LogP) is 3.64. The number of aromatic amines is 1. The van der Waals surface area contributed by atoms with E-state index >= 15 is 0 Å². The summed E-state index contributed by atoms with van der Waals surface area (Å²) in [6, 6.07) is 16.3. The van der Waals surface area contributed by atoms with Crippen molar-refractivity contribution in [2.45, 2.75) is 33.0 Å². The molecule has 0 aliphatic carbocycles. The van der Waals surface area contributed by atoms with Crippen molar-refractivity contribution in [3.05, 3.63) is 59.9 Å².